The number of hydrogen-bond acceptors (Lipinski definition) is 1. The van der Waals surface area contributed by atoms with Crippen molar-refractivity contribution in [1.82, 2.24) is 0 Å². The van der Waals surface area contributed by atoms with Crippen molar-refractivity contribution in [2.24, 2.45) is 0 Å². The van der Waals surface area contributed by atoms with Gasteiger partial charge in [-0.05, 0) is 32.8 Å². The molecule has 1 nitrogen and oxygen atoms in total. The highest BCUT2D eigenvalue weighted by molar-refractivity contribution is 5.01. The van der Waals surface area contributed by atoms with Crippen molar-refractivity contribution in [2.75, 3.05) is 6.61 Å². The van der Waals surface area contributed by atoms with Crippen LogP contribution in [0.15, 0.2) is 11.6 Å². The lowest BCUT2D eigenvalue weighted by molar-refractivity contribution is 0.0863. The molecule has 1 unspecified atom stereocenters. The van der Waals surface area contributed by atoms with Crippen LogP contribution < -0.4 is 0 Å². The summed E-state index contributed by atoms with van der Waals surface area (Å²) in [5.41, 5.74) is 1.34. The van der Waals surface area contributed by atoms with Crippen molar-refractivity contribution in [1.29, 1.82) is 0 Å². The average Bonchev–Trinajstić information content (AvgIpc) is 2.63. The summed E-state index contributed by atoms with van der Waals surface area (Å²) < 4.78 is 5.85. The molecule has 0 rings (SSSR count). The summed E-state index contributed by atoms with van der Waals surface area (Å²) in [5.74, 6) is 0. The summed E-state index contributed by atoms with van der Waals surface area (Å²) in [6.45, 7) is 9.61. The Morgan fingerprint density at radius 2 is 1.04 bits per heavy atom. The minimum absolute atomic E-state index is 0.293. The third-order valence-corrected chi connectivity index (χ3v) is 5.46. The second-order valence-corrected chi connectivity index (χ2v) is 7.85. The lowest BCUT2D eigenvalue weighted by atomic mass is 10.0. The van der Waals surface area contributed by atoms with Crippen molar-refractivity contribution in [2.45, 2.75) is 137 Å². The first-order valence-corrected chi connectivity index (χ1v) is 11.5. The lowest BCUT2D eigenvalue weighted by Crippen LogP contribution is -2.10. The zero-order valence-electron chi connectivity index (χ0n) is 18.1. The molecule has 0 radical (unpaired) electrons. The quantitative estimate of drug-likeness (QED) is 0.167. The van der Waals surface area contributed by atoms with Gasteiger partial charge in [0.25, 0.3) is 0 Å². The molecule has 1 atom stereocenters. The minimum atomic E-state index is 0.293. The van der Waals surface area contributed by atoms with Crippen LogP contribution in [0.1, 0.15) is 130 Å². The van der Waals surface area contributed by atoms with Crippen LogP contribution in [0.5, 0.6) is 0 Å². The Morgan fingerprint density at radius 1 is 0.680 bits per heavy atom. The van der Waals surface area contributed by atoms with Crippen molar-refractivity contribution in [3.05, 3.63) is 11.6 Å². The lowest BCUT2D eigenvalue weighted by Gasteiger charge is -2.13. The van der Waals surface area contributed by atoms with Crippen LogP contribution in [0.3, 0.4) is 0 Å². The molecule has 0 spiro atoms. The van der Waals surface area contributed by atoms with E-state index in [9.17, 15) is 0 Å². The zero-order valence-corrected chi connectivity index (χ0v) is 18.1. The maximum absolute atomic E-state index is 5.85. The van der Waals surface area contributed by atoms with Gasteiger partial charge < -0.3 is 4.74 Å². The van der Waals surface area contributed by atoms with Crippen LogP contribution in [0, 0.1) is 0 Å². The third-order valence-electron chi connectivity index (χ3n) is 5.46. The van der Waals surface area contributed by atoms with Crippen molar-refractivity contribution in [3.63, 3.8) is 0 Å². The summed E-state index contributed by atoms with van der Waals surface area (Å²) in [5, 5.41) is 0. The van der Waals surface area contributed by atoms with Gasteiger partial charge in [-0.1, -0.05) is 109 Å². The van der Waals surface area contributed by atoms with Crippen LogP contribution >= 0.6 is 0 Å². The third kappa shape index (κ3) is 18.3. The van der Waals surface area contributed by atoms with E-state index in [0.717, 1.165) is 6.61 Å². The molecule has 150 valence electrons. The van der Waals surface area contributed by atoms with Gasteiger partial charge in [0.2, 0.25) is 0 Å². The number of ether oxygens (including phenoxy) is 1. The fraction of sp³-hybridized carbons (Fsp3) is 0.917. The van der Waals surface area contributed by atoms with E-state index in [1.54, 1.807) is 0 Å². The SMILES string of the molecule is CC=C(C)C(C)OCCCCCCCCCCCCCCCCCC. The molecule has 0 saturated carbocycles. The maximum Gasteiger partial charge on any atom is 0.0754 e. The van der Waals surface area contributed by atoms with Crippen molar-refractivity contribution >= 4 is 0 Å². The molecule has 0 aromatic carbocycles. The summed E-state index contributed by atoms with van der Waals surface area (Å²) in [4.78, 5) is 0. The van der Waals surface area contributed by atoms with Crippen LogP contribution in [0.2, 0.25) is 0 Å². The van der Waals surface area contributed by atoms with Gasteiger partial charge in [-0.3, -0.25) is 0 Å². The molecule has 0 aliphatic heterocycles. The molecule has 0 amide bonds. The van der Waals surface area contributed by atoms with Gasteiger partial charge in [-0.2, -0.15) is 0 Å². The predicted octanol–water partition coefficient (Wildman–Crippen LogP) is 8.62. The summed E-state index contributed by atoms with van der Waals surface area (Å²) in [6.07, 6.45) is 25.2. The first-order valence-electron chi connectivity index (χ1n) is 11.5. The molecule has 0 aliphatic rings. The Morgan fingerprint density at radius 3 is 1.40 bits per heavy atom. The maximum atomic E-state index is 5.85. The van der Waals surface area contributed by atoms with E-state index in [-0.39, 0.29) is 0 Å². The Kier molecular flexibility index (Phi) is 19.8. The zero-order chi connectivity index (χ0) is 18.6. The van der Waals surface area contributed by atoms with Crippen LogP contribution in [0.25, 0.3) is 0 Å². The molecule has 0 fully saturated rings. The summed E-state index contributed by atoms with van der Waals surface area (Å²) >= 11 is 0. The average molecular weight is 353 g/mol. The van der Waals surface area contributed by atoms with Gasteiger partial charge >= 0.3 is 0 Å². The Balaban J connectivity index is 3.10. The van der Waals surface area contributed by atoms with E-state index < -0.39 is 0 Å². The monoisotopic (exact) mass is 352 g/mol. The largest absolute Gasteiger partial charge is 0.374 e. The Bertz CT molecular complexity index is 282. The first kappa shape index (κ1) is 24.7. The van der Waals surface area contributed by atoms with E-state index in [4.69, 9.17) is 4.74 Å². The highest BCUT2D eigenvalue weighted by atomic mass is 16.5. The summed E-state index contributed by atoms with van der Waals surface area (Å²) in [6, 6.07) is 0. The number of unbranched alkanes of at least 4 members (excludes halogenated alkanes) is 15. The van der Waals surface area contributed by atoms with E-state index >= 15 is 0 Å². The van der Waals surface area contributed by atoms with Gasteiger partial charge in [0.05, 0.1) is 6.10 Å². The van der Waals surface area contributed by atoms with Gasteiger partial charge in [-0.15, -0.1) is 0 Å². The fourth-order valence-electron chi connectivity index (χ4n) is 3.28. The van der Waals surface area contributed by atoms with Gasteiger partial charge in [0, 0.05) is 6.61 Å². The van der Waals surface area contributed by atoms with Crippen LogP contribution in [-0.2, 0) is 4.74 Å². The highest BCUT2D eigenvalue weighted by Gasteiger charge is 2.02. The molecule has 0 heterocycles. The Labute approximate surface area is 160 Å². The molecule has 0 aliphatic carbocycles. The fourth-order valence-corrected chi connectivity index (χ4v) is 3.28. The molecule has 1 heteroatoms. The minimum Gasteiger partial charge on any atom is -0.374 e. The van der Waals surface area contributed by atoms with Crippen LogP contribution in [0.4, 0.5) is 0 Å². The molecule has 0 aromatic rings. The topological polar surface area (TPSA) is 9.23 Å². The van der Waals surface area contributed by atoms with Gasteiger partial charge in [0.15, 0.2) is 0 Å². The molecular weight excluding hydrogens is 304 g/mol. The smallest absolute Gasteiger partial charge is 0.0754 e. The van der Waals surface area contributed by atoms with E-state index in [1.807, 2.05) is 0 Å². The van der Waals surface area contributed by atoms with Crippen molar-refractivity contribution < 1.29 is 4.74 Å². The normalized spacial score (nSPS) is 13.4. The molecule has 0 bridgehead atoms. The van der Waals surface area contributed by atoms with Crippen molar-refractivity contribution in [3.8, 4) is 0 Å². The molecule has 0 N–H and O–H groups in total. The van der Waals surface area contributed by atoms with Gasteiger partial charge in [-0.25, -0.2) is 0 Å². The number of allylic oxidation sites excluding steroid dienone is 1. The first-order chi connectivity index (χ1) is 12.2. The second kappa shape index (κ2) is 20.0. The van der Waals surface area contributed by atoms with Gasteiger partial charge in [0.1, 0.15) is 0 Å². The molecule has 0 aromatic heterocycles. The van der Waals surface area contributed by atoms with E-state index in [2.05, 4.69) is 33.8 Å². The standard InChI is InChI=1S/C24H48O/c1-5-7-8-9-10-11-12-13-14-15-16-17-18-19-20-21-22-25-24(4)23(3)6-2/h6,24H,5,7-22H2,1-4H3. The number of hydrogen-bond donors (Lipinski definition) is 0. The Hall–Kier alpha value is -0.300. The molecular formula is C24H48O. The summed E-state index contributed by atoms with van der Waals surface area (Å²) in [7, 11) is 0. The second-order valence-electron chi connectivity index (χ2n) is 7.85. The van der Waals surface area contributed by atoms with Crippen LogP contribution in [-0.4, -0.2) is 12.7 Å². The predicted molar refractivity (Wildman–Crippen MR) is 114 cm³/mol. The highest BCUT2D eigenvalue weighted by Crippen LogP contribution is 2.14. The number of rotatable bonds is 19. The van der Waals surface area contributed by atoms with E-state index in [0.29, 0.717) is 6.10 Å². The molecule has 25 heavy (non-hydrogen) atoms. The molecule has 0 saturated heterocycles. The van der Waals surface area contributed by atoms with E-state index in [1.165, 1.54) is 108 Å².